The summed E-state index contributed by atoms with van der Waals surface area (Å²) in [4.78, 5) is 0. The van der Waals surface area contributed by atoms with E-state index in [9.17, 15) is 5.11 Å². The van der Waals surface area contributed by atoms with E-state index < -0.39 is 0 Å². The van der Waals surface area contributed by atoms with Gasteiger partial charge in [0.05, 0.1) is 6.10 Å². The van der Waals surface area contributed by atoms with Gasteiger partial charge in [-0.3, -0.25) is 0 Å². The Morgan fingerprint density at radius 2 is 1.57 bits per heavy atom. The quantitative estimate of drug-likeness (QED) is 0.564. The van der Waals surface area contributed by atoms with Gasteiger partial charge < -0.3 is 10.2 Å². The molecular weight excluding hydrogens is 176 g/mol. The fourth-order valence-electron chi connectivity index (χ4n) is 1.67. The van der Waals surface area contributed by atoms with Crippen molar-refractivity contribution in [1.29, 1.82) is 0 Å². The summed E-state index contributed by atoms with van der Waals surface area (Å²) in [6.07, 6.45) is 8.22. The van der Waals surface area contributed by atoms with Crippen LogP contribution in [0.1, 0.15) is 58.8 Å². The number of aliphatic hydroxyl groups excluding tert-OH is 2. The predicted octanol–water partition coefficient (Wildman–Crippen LogP) is 2.73. The van der Waals surface area contributed by atoms with Crippen LogP contribution in [-0.4, -0.2) is 22.9 Å². The molecule has 2 atom stereocenters. The summed E-state index contributed by atoms with van der Waals surface area (Å²) in [6, 6.07) is 0. The van der Waals surface area contributed by atoms with Crippen molar-refractivity contribution in [3.63, 3.8) is 0 Å². The largest absolute Gasteiger partial charge is 0.396 e. The number of hydrogen-bond acceptors (Lipinski definition) is 2. The van der Waals surface area contributed by atoms with Crippen molar-refractivity contribution in [3.05, 3.63) is 0 Å². The van der Waals surface area contributed by atoms with Crippen LogP contribution in [-0.2, 0) is 0 Å². The minimum atomic E-state index is -0.365. The smallest absolute Gasteiger partial charge is 0.0562 e. The first kappa shape index (κ1) is 13.9. The Balaban J connectivity index is 3.25. The van der Waals surface area contributed by atoms with Crippen LogP contribution in [0.2, 0.25) is 0 Å². The third-order valence-electron chi connectivity index (χ3n) is 2.85. The van der Waals surface area contributed by atoms with Crippen LogP contribution in [0.5, 0.6) is 0 Å². The second-order valence-corrected chi connectivity index (χ2v) is 4.24. The van der Waals surface area contributed by atoms with Gasteiger partial charge in [-0.25, -0.2) is 0 Å². The molecule has 0 aliphatic heterocycles. The van der Waals surface area contributed by atoms with E-state index in [1.807, 2.05) is 0 Å². The molecule has 0 spiro atoms. The first-order valence-corrected chi connectivity index (χ1v) is 6.01. The summed E-state index contributed by atoms with van der Waals surface area (Å²) in [5.74, 6) is 0.0844. The third kappa shape index (κ3) is 7.34. The molecule has 0 heterocycles. The lowest BCUT2D eigenvalue weighted by Gasteiger charge is -2.16. The van der Waals surface area contributed by atoms with Crippen LogP contribution in [0.3, 0.4) is 0 Å². The highest BCUT2D eigenvalue weighted by Crippen LogP contribution is 2.14. The summed E-state index contributed by atoms with van der Waals surface area (Å²) in [7, 11) is 0. The molecule has 1 unspecified atom stereocenters. The SMILES string of the molecule is CCCCCCCC[C@@H](CO)C(C)O. The standard InChI is InChI=1S/C12H26O2/c1-3-4-5-6-7-8-9-12(10-13)11(2)14/h11-14H,3-10H2,1-2H3/t11?,12-/m0/s1. The van der Waals surface area contributed by atoms with E-state index in [0.29, 0.717) is 0 Å². The minimum Gasteiger partial charge on any atom is -0.396 e. The zero-order valence-corrected chi connectivity index (χ0v) is 9.71. The van der Waals surface area contributed by atoms with Gasteiger partial charge >= 0.3 is 0 Å². The molecule has 0 rings (SSSR count). The Morgan fingerprint density at radius 3 is 2.07 bits per heavy atom. The number of aliphatic hydroxyl groups is 2. The van der Waals surface area contributed by atoms with E-state index in [-0.39, 0.29) is 18.6 Å². The molecule has 2 heteroatoms. The van der Waals surface area contributed by atoms with Crippen molar-refractivity contribution >= 4 is 0 Å². The Hall–Kier alpha value is -0.0800. The summed E-state index contributed by atoms with van der Waals surface area (Å²) in [5, 5.41) is 18.3. The first-order chi connectivity index (χ1) is 6.72. The lowest BCUT2D eigenvalue weighted by atomic mass is 9.97. The van der Waals surface area contributed by atoms with Crippen LogP contribution in [0.25, 0.3) is 0 Å². The van der Waals surface area contributed by atoms with Crippen LogP contribution in [0.4, 0.5) is 0 Å². The van der Waals surface area contributed by atoms with E-state index >= 15 is 0 Å². The summed E-state index contributed by atoms with van der Waals surface area (Å²) >= 11 is 0. The van der Waals surface area contributed by atoms with E-state index in [1.165, 1.54) is 32.1 Å². The Kier molecular flexibility index (Phi) is 9.42. The molecule has 0 aromatic rings. The fraction of sp³-hybridized carbons (Fsp3) is 1.00. The predicted molar refractivity (Wildman–Crippen MR) is 60.2 cm³/mol. The molecule has 0 aromatic heterocycles. The van der Waals surface area contributed by atoms with Crippen LogP contribution in [0.15, 0.2) is 0 Å². The third-order valence-corrected chi connectivity index (χ3v) is 2.85. The van der Waals surface area contributed by atoms with Gasteiger partial charge in [-0.2, -0.15) is 0 Å². The van der Waals surface area contributed by atoms with Gasteiger partial charge in [0, 0.05) is 12.5 Å². The average Bonchev–Trinajstić information content (AvgIpc) is 2.16. The Morgan fingerprint density at radius 1 is 1.00 bits per heavy atom. The second kappa shape index (κ2) is 9.47. The van der Waals surface area contributed by atoms with Crippen molar-refractivity contribution in [2.45, 2.75) is 64.9 Å². The molecule has 0 amide bonds. The molecule has 2 nitrogen and oxygen atoms in total. The molecular formula is C12H26O2. The molecule has 0 aromatic carbocycles. The number of hydrogen-bond donors (Lipinski definition) is 2. The zero-order valence-electron chi connectivity index (χ0n) is 9.71. The molecule has 0 aliphatic rings. The lowest BCUT2D eigenvalue weighted by molar-refractivity contribution is 0.0741. The molecule has 0 bridgehead atoms. The fourth-order valence-corrected chi connectivity index (χ4v) is 1.67. The van der Waals surface area contributed by atoms with Gasteiger partial charge in [-0.15, -0.1) is 0 Å². The molecule has 0 aliphatic carbocycles. The molecule has 14 heavy (non-hydrogen) atoms. The number of rotatable bonds is 9. The first-order valence-electron chi connectivity index (χ1n) is 6.01. The molecule has 0 saturated heterocycles. The Bertz CT molecular complexity index is 113. The van der Waals surface area contributed by atoms with Crippen molar-refractivity contribution in [3.8, 4) is 0 Å². The molecule has 0 radical (unpaired) electrons. The summed E-state index contributed by atoms with van der Waals surface area (Å²) in [5.41, 5.74) is 0. The van der Waals surface area contributed by atoms with Crippen molar-refractivity contribution in [2.75, 3.05) is 6.61 Å². The topological polar surface area (TPSA) is 40.5 Å². The molecule has 2 N–H and O–H groups in total. The van der Waals surface area contributed by atoms with Crippen molar-refractivity contribution in [2.24, 2.45) is 5.92 Å². The van der Waals surface area contributed by atoms with E-state index in [0.717, 1.165) is 12.8 Å². The normalized spacial score (nSPS) is 15.4. The molecule has 86 valence electrons. The zero-order chi connectivity index (χ0) is 10.8. The van der Waals surface area contributed by atoms with E-state index in [1.54, 1.807) is 6.92 Å². The van der Waals surface area contributed by atoms with E-state index in [4.69, 9.17) is 5.11 Å². The van der Waals surface area contributed by atoms with Gasteiger partial charge in [0.15, 0.2) is 0 Å². The monoisotopic (exact) mass is 202 g/mol. The second-order valence-electron chi connectivity index (χ2n) is 4.24. The highest BCUT2D eigenvalue weighted by molar-refractivity contribution is 4.63. The maximum Gasteiger partial charge on any atom is 0.0562 e. The van der Waals surface area contributed by atoms with Crippen LogP contribution < -0.4 is 0 Å². The van der Waals surface area contributed by atoms with Crippen molar-refractivity contribution < 1.29 is 10.2 Å². The van der Waals surface area contributed by atoms with Gasteiger partial charge in [0.2, 0.25) is 0 Å². The molecule has 0 fully saturated rings. The minimum absolute atomic E-state index is 0.0844. The van der Waals surface area contributed by atoms with Crippen molar-refractivity contribution in [1.82, 2.24) is 0 Å². The summed E-state index contributed by atoms with van der Waals surface area (Å²) < 4.78 is 0. The highest BCUT2D eigenvalue weighted by Gasteiger charge is 2.12. The molecule has 0 saturated carbocycles. The van der Waals surface area contributed by atoms with Crippen LogP contribution in [0, 0.1) is 5.92 Å². The van der Waals surface area contributed by atoms with Crippen LogP contribution >= 0.6 is 0 Å². The summed E-state index contributed by atoms with van der Waals surface area (Å²) in [6.45, 7) is 4.10. The maximum atomic E-state index is 9.29. The maximum absolute atomic E-state index is 9.29. The number of unbranched alkanes of at least 4 members (excludes halogenated alkanes) is 5. The van der Waals surface area contributed by atoms with Gasteiger partial charge in [0.25, 0.3) is 0 Å². The van der Waals surface area contributed by atoms with Gasteiger partial charge in [-0.05, 0) is 13.3 Å². The highest BCUT2D eigenvalue weighted by atomic mass is 16.3. The van der Waals surface area contributed by atoms with Gasteiger partial charge in [0.1, 0.15) is 0 Å². The average molecular weight is 202 g/mol. The Labute approximate surface area is 88.3 Å². The lowest BCUT2D eigenvalue weighted by Crippen LogP contribution is -2.20. The van der Waals surface area contributed by atoms with Gasteiger partial charge in [-0.1, -0.05) is 45.4 Å². The van der Waals surface area contributed by atoms with E-state index in [2.05, 4.69) is 6.92 Å².